The number of oxazole rings is 1. The van der Waals surface area contributed by atoms with Crippen LogP contribution in [0.15, 0.2) is 174 Å². The molecule has 0 radical (unpaired) electrons. The van der Waals surface area contributed by atoms with Gasteiger partial charge in [0.15, 0.2) is 23.1 Å². The Morgan fingerprint density at radius 1 is 0.389 bits per heavy atom. The molecule has 3 heterocycles. The molecule has 0 fully saturated rings. The summed E-state index contributed by atoms with van der Waals surface area (Å²) in [5.74, 6) is 2.48. The van der Waals surface area contributed by atoms with Gasteiger partial charge in [-0.05, 0) is 69.1 Å². The zero-order valence-corrected chi connectivity index (χ0v) is 29.6. The molecule has 3 aromatic heterocycles. The standard InChI is InChI=1S/C48H28N4OS/c1-3-13-29(14-4-1)31-18-11-19-33(25-31)45-50-46(52-47(51-45)38-26-32-17-7-8-20-34(32)35-21-9-10-22-36(35)38)37-23-12-24-42-44(37)39-27-40-41(28-43(39)54-42)53-48(49-40)30-15-5-2-6-16-30/h1-28H. The molecule has 0 amide bonds. The number of nitrogens with zero attached hydrogens (tertiary/aromatic N) is 4. The Morgan fingerprint density at radius 3 is 1.87 bits per heavy atom. The zero-order valence-electron chi connectivity index (χ0n) is 28.8. The third-order valence-electron chi connectivity index (χ3n) is 10.1. The fourth-order valence-corrected chi connectivity index (χ4v) is 8.73. The van der Waals surface area contributed by atoms with Crippen molar-refractivity contribution >= 4 is 64.2 Å². The molecule has 11 rings (SSSR count). The SMILES string of the molecule is c1ccc(-c2cccc(-c3nc(-c4cc5ccccc5c5ccccc45)nc(-c4cccc5sc6cc7oc(-c8ccccc8)nc7cc6c45)n3)c2)cc1. The van der Waals surface area contributed by atoms with Crippen LogP contribution < -0.4 is 0 Å². The zero-order chi connectivity index (χ0) is 35.6. The van der Waals surface area contributed by atoms with Crippen molar-refractivity contribution in [2.45, 2.75) is 0 Å². The van der Waals surface area contributed by atoms with Gasteiger partial charge in [0.05, 0.1) is 0 Å². The molecule has 0 saturated carbocycles. The molecule has 0 bridgehead atoms. The van der Waals surface area contributed by atoms with E-state index in [4.69, 9.17) is 24.4 Å². The minimum Gasteiger partial charge on any atom is -0.436 e. The fraction of sp³-hybridized carbons (Fsp3) is 0. The summed E-state index contributed by atoms with van der Waals surface area (Å²) >= 11 is 1.74. The van der Waals surface area contributed by atoms with Crippen molar-refractivity contribution in [2.75, 3.05) is 0 Å². The summed E-state index contributed by atoms with van der Waals surface area (Å²) < 4.78 is 8.53. The minimum atomic E-state index is 0.611. The highest BCUT2D eigenvalue weighted by Gasteiger charge is 2.20. The predicted octanol–water partition coefficient (Wildman–Crippen LogP) is 13.0. The van der Waals surface area contributed by atoms with Gasteiger partial charge in [0.25, 0.3) is 0 Å². The first-order chi connectivity index (χ1) is 26.7. The van der Waals surface area contributed by atoms with E-state index in [-0.39, 0.29) is 0 Å². The van der Waals surface area contributed by atoms with Gasteiger partial charge in [0.1, 0.15) is 5.52 Å². The molecule has 6 heteroatoms. The van der Waals surface area contributed by atoms with Gasteiger partial charge in [-0.2, -0.15) is 0 Å². The largest absolute Gasteiger partial charge is 0.436 e. The molecule has 0 aliphatic carbocycles. The smallest absolute Gasteiger partial charge is 0.227 e. The summed E-state index contributed by atoms with van der Waals surface area (Å²) in [5.41, 5.74) is 7.60. The maximum absolute atomic E-state index is 6.27. The second kappa shape index (κ2) is 12.3. The number of rotatable bonds is 5. The lowest BCUT2D eigenvalue weighted by Crippen LogP contribution is -2.01. The van der Waals surface area contributed by atoms with Crippen molar-refractivity contribution in [1.29, 1.82) is 0 Å². The van der Waals surface area contributed by atoms with Crippen LogP contribution in [0.25, 0.3) is 110 Å². The quantitative estimate of drug-likeness (QED) is 0.167. The highest BCUT2D eigenvalue weighted by atomic mass is 32.1. The Balaban J connectivity index is 1.16. The van der Waals surface area contributed by atoms with Crippen LogP contribution in [-0.2, 0) is 0 Å². The molecule has 5 nitrogen and oxygen atoms in total. The first-order valence-electron chi connectivity index (χ1n) is 17.9. The molecular formula is C48H28N4OS. The summed E-state index contributed by atoms with van der Waals surface area (Å²) in [6.45, 7) is 0. The van der Waals surface area contributed by atoms with Gasteiger partial charge >= 0.3 is 0 Å². The Morgan fingerprint density at radius 2 is 1.04 bits per heavy atom. The molecule has 8 aromatic carbocycles. The molecule has 0 saturated heterocycles. The van der Waals surface area contributed by atoms with Crippen LogP contribution in [0.3, 0.4) is 0 Å². The van der Waals surface area contributed by atoms with E-state index < -0.39 is 0 Å². The van der Waals surface area contributed by atoms with Gasteiger partial charge in [0.2, 0.25) is 5.89 Å². The van der Waals surface area contributed by atoms with Gasteiger partial charge in [-0.25, -0.2) is 19.9 Å². The highest BCUT2D eigenvalue weighted by molar-refractivity contribution is 7.26. The van der Waals surface area contributed by atoms with E-state index in [2.05, 4.69) is 133 Å². The number of aromatic nitrogens is 4. The molecule has 0 aliphatic heterocycles. The summed E-state index contributed by atoms with van der Waals surface area (Å²) in [4.78, 5) is 20.8. The Hall–Kier alpha value is -7.02. The molecule has 0 spiro atoms. The van der Waals surface area contributed by atoms with Crippen molar-refractivity contribution < 1.29 is 4.42 Å². The number of hydrogen-bond acceptors (Lipinski definition) is 6. The minimum absolute atomic E-state index is 0.611. The molecule has 11 aromatic rings. The second-order valence-electron chi connectivity index (χ2n) is 13.4. The van der Waals surface area contributed by atoms with Gasteiger partial charge in [-0.15, -0.1) is 11.3 Å². The van der Waals surface area contributed by atoms with E-state index >= 15 is 0 Å². The lowest BCUT2D eigenvalue weighted by molar-refractivity contribution is 0.620. The first-order valence-corrected chi connectivity index (χ1v) is 18.7. The summed E-state index contributed by atoms with van der Waals surface area (Å²) in [7, 11) is 0. The third kappa shape index (κ3) is 5.07. The number of fused-ring (bicyclic) bond motifs is 7. The van der Waals surface area contributed by atoms with Crippen molar-refractivity contribution in [2.24, 2.45) is 0 Å². The van der Waals surface area contributed by atoms with E-state index in [9.17, 15) is 0 Å². The van der Waals surface area contributed by atoms with Crippen molar-refractivity contribution in [3.8, 4) is 56.7 Å². The molecule has 0 N–H and O–H groups in total. The van der Waals surface area contributed by atoms with Crippen LogP contribution in [0.1, 0.15) is 0 Å². The third-order valence-corrected chi connectivity index (χ3v) is 11.3. The molecule has 0 aliphatic rings. The van der Waals surface area contributed by atoms with E-state index in [0.717, 1.165) is 80.8 Å². The Bertz CT molecular complexity index is 3220. The molecule has 252 valence electrons. The van der Waals surface area contributed by atoms with Gasteiger partial charge in [-0.1, -0.05) is 127 Å². The lowest BCUT2D eigenvalue weighted by Gasteiger charge is -2.13. The normalized spacial score (nSPS) is 11.7. The van der Waals surface area contributed by atoms with Crippen LogP contribution >= 0.6 is 11.3 Å². The van der Waals surface area contributed by atoms with Crippen LogP contribution in [-0.4, -0.2) is 19.9 Å². The first kappa shape index (κ1) is 30.6. The van der Waals surface area contributed by atoms with Crippen molar-refractivity contribution in [3.05, 3.63) is 170 Å². The monoisotopic (exact) mass is 708 g/mol. The fourth-order valence-electron chi connectivity index (χ4n) is 7.59. The predicted molar refractivity (Wildman–Crippen MR) is 222 cm³/mol. The summed E-state index contributed by atoms with van der Waals surface area (Å²) in [6.07, 6.45) is 0. The van der Waals surface area contributed by atoms with E-state index in [0.29, 0.717) is 23.4 Å². The van der Waals surface area contributed by atoms with Crippen LogP contribution in [0.5, 0.6) is 0 Å². The molecule has 0 atom stereocenters. The van der Waals surface area contributed by atoms with Gasteiger partial charge in [-0.3, -0.25) is 0 Å². The second-order valence-corrected chi connectivity index (χ2v) is 14.5. The summed E-state index contributed by atoms with van der Waals surface area (Å²) in [6, 6.07) is 58.8. The number of hydrogen-bond donors (Lipinski definition) is 0. The summed E-state index contributed by atoms with van der Waals surface area (Å²) in [5, 5.41) is 6.78. The molecule has 54 heavy (non-hydrogen) atoms. The van der Waals surface area contributed by atoms with Gasteiger partial charge in [0, 0.05) is 48.5 Å². The average molecular weight is 709 g/mol. The van der Waals surface area contributed by atoms with Crippen molar-refractivity contribution in [3.63, 3.8) is 0 Å². The Labute approximate surface area is 313 Å². The average Bonchev–Trinajstić information content (AvgIpc) is 3.83. The highest BCUT2D eigenvalue weighted by Crippen LogP contribution is 2.43. The molecular weight excluding hydrogens is 681 g/mol. The van der Waals surface area contributed by atoms with E-state index in [1.165, 1.54) is 5.39 Å². The number of benzene rings is 8. The van der Waals surface area contributed by atoms with E-state index in [1.807, 2.05) is 36.4 Å². The molecule has 0 unspecified atom stereocenters. The van der Waals surface area contributed by atoms with Crippen LogP contribution in [0, 0.1) is 0 Å². The van der Waals surface area contributed by atoms with E-state index in [1.54, 1.807) is 11.3 Å². The Kier molecular flexibility index (Phi) is 6.97. The van der Waals surface area contributed by atoms with Crippen molar-refractivity contribution in [1.82, 2.24) is 19.9 Å². The maximum atomic E-state index is 6.27. The maximum Gasteiger partial charge on any atom is 0.227 e. The van der Waals surface area contributed by atoms with Crippen LogP contribution in [0.2, 0.25) is 0 Å². The van der Waals surface area contributed by atoms with Gasteiger partial charge < -0.3 is 4.42 Å². The van der Waals surface area contributed by atoms with Crippen LogP contribution in [0.4, 0.5) is 0 Å². The number of thiophene rings is 1. The topological polar surface area (TPSA) is 64.7 Å². The lowest BCUT2D eigenvalue weighted by atomic mass is 9.96.